The minimum absolute atomic E-state index is 0.993. The molecular formula is C23H22O. The van der Waals surface area contributed by atoms with Crippen LogP contribution in [-0.4, -0.2) is 7.11 Å². The maximum absolute atomic E-state index is 5.51. The summed E-state index contributed by atoms with van der Waals surface area (Å²) in [6.07, 6.45) is 5.31. The fraction of sp³-hybridized carbons (Fsp3) is 0.217. The van der Waals surface area contributed by atoms with E-state index in [0.717, 1.165) is 25.0 Å². The number of rotatable bonds is 3. The quantitative estimate of drug-likeness (QED) is 0.682. The molecule has 1 nitrogen and oxygen atoms in total. The maximum atomic E-state index is 5.51. The van der Waals surface area contributed by atoms with E-state index in [4.69, 9.17) is 4.74 Å². The average Bonchev–Trinajstić information content (AvgIpc) is 3.01. The number of aryl methyl sites for hydroxylation is 1. The van der Waals surface area contributed by atoms with Crippen LogP contribution in [0.1, 0.15) is 36.0 Å². The molecule has 0 saturated carbocycles. The standard InChI is InChI=1S/C23H22O/c1-16-8-10-18(11-9-16)23-21-13-12-20(24-2)14-19(21)15-22(23)17-6-4-3-5-7-17/h3-11,14H,12-13,15H2,1-2H3. The Morgan fingerprint density at radius 3 is 2.25 bits per heavy atom. The summed E-state index contributed by atoms with van der Waals surface area (Å²) in [6.45, 7) is 2.14. The van der Waals surface area contributed by atoms with Gasteiger partial charge in [0.05, 0.1) is 12.9 Å². The van der Waals surface area contributed by atoms with E-state index in [9.17, 15) is 0 Å². The first-order chi connectivity index (χ1) is 11.8. The molecule has 4 rings (SSSR count). The molecule has 0 fully saturated rings. The summed E-state index contributed by atoms with van der Waals surface area (Å²) in [4.78, 5) is 0. The van der Waals surface area contributed by atoms with Gasteiger partial charge < -0.3 is 4.74 Å². The first-order valence-corrected chi connectivity index (χ1v) is 8.59. The van der Waals surface area contributed by atoms with Crippen LogP contribution in [0.4, 0.5) is 0 Å². The van der Waals surface area contributed by atoms with Crippen LogP contribution in [0.5, 0.6) is 0 Å². The van der Waals surface area contributed by atoms with Gasteiger partial charge in [-0.2, -0.15) is 0 Å². The summed E-state index contributed by atoms with van der Waals surface area (Å²) in [5.74, 6) is 1.10. The van der Waals surface area contributed by atoms with Crippen LogP contribution in [0.15, 0.2) is 77.6 Å². The molecular weight excluding hydrogens is 292 g/mol. The van der Waals surface area contributed by atoms with Crippen LogP contribution in [0.2, 0.25) is 0 Å². The van der Waals surface area contributed by atoms with Crippen LogP contribution in [-0.2, 0) is 4.74 Å². The van der Waals surface area contributed by atoms with Crippen LogP contribution < -0.4 is 0 Å². The highest BCUT2D eigenvalue weighted by molar-refractivity contribution is 6.03. The van der Waals surface area contributed by atoms with Crippen LogP contribution >= 0.6 is 0 Å². The molecule has 2 aliphatic carbocycles. The van der Waals surface area contributed by atoms with Crippen molar-refractivity contribution in [3.8, 4) is 0 Å². The molecule has 0 spiro atoms. The Balaban J connectivity index is 1.87. The van der Waals surface area contributed by atoms with E-state index in [2.05, 4.69) is 67.6 Å². The molecule has 1 heteroatoms. The van der Waals surface area contributed by atoms with Crippen molar-refractivity contribution in [1.29, 1.82) is 0 Å². The molecule has 2 aromatic carbocycles. The third-order valence-electron chi connectivity index (χ3n) is 5.04. The third kappa shape index (κ3) is 2.60. The highest BCUT2D eigenvalue weighted by Gasteiger charge is 2.28. The summed E-state index contributed by atoms with van der Waals surface area (Å²) < 4.78 is 5.51. The van der Waals surface area contributed by atoms with Crippen molar-refractivity contribution in [2.45, 2.75) is 26.2 Å². The van der Waals surface area contributed by atoms with Gasteiger partial charge >= 0.3 is 0 Å². The minimum Gasteiger partial charge on any atom is -0.501 e. The second kappa shape index (κ2) is 6.16. The number of benzene rings is 2. The van der Waals surface area contributed by atoms with E-state index in [1.54, 1.807) is 7.11 Å². The average molecular weight is 314 g/mol. The zero-order chi connectivity index (χ0) is 16.5. The Bertz CT molecular complexity index is 849. The van der Waals surface area contributed by atoms with Gasteiger partial charge in [0.1, 0.15) is 0 Å². The summed E-state index contributed by atoms with van der Waals surface area (Å²) in [7, 11) is 1.78. The van der Waals surface area contributed by atoms with Gasteiger partial charge in [0.2, 0.25) is 0 Å². The van der Waals surface area contributed by atoms with Crippen molar-refractivity contribution < 1.29 is 4.74 Å². The van der Waals surface area contributed by atoms with Crippen LogP contribution in [0.25, 0.3) is 11.1 Å². The molecule has 0 radical (unpaired) electrons. The fourth-order valence-electron chi connectivity index (χ4n) is 3.78. The molecule has 0 unspecified atom stereocenters. The molecule has 2 aliphatic rings. The van der Waals surface area contributed by atoms with Gasteiger partial charge in [0.15, 0.2) is 0 Å². The largest absolute Gasteiger partial charge is 0.501 e. The minimum atomic E-state index is 0.993. The van der Waals surface area contributed by atoms with E-state index >= 15 is 0 Å². The predicted octanol–water partition coefficient (Wildman–Crippen LogP) is 5.93. The molecule has 120 valence electrons. The highest BCUT2D eigenvalue weighted by atomic mass is 16.5. The van der Waals surface area contributed by atoms with Crippen molar-refractivity contribution in [3.63, 3.8) is 0 Å². The summed E-state index contributed by atoms with van der Waals surface area (Å²) >= 11 is 0. The lowest BCUT2D eigenvalue weighted by atomic mass is 9.89. The van der Waals surface area contributed by atoms with Gasteiger partial charge in [-0.25, -0.2) is 0 Å². The Kier molecular flexibility index (Phi) is 3.86. The zero-order valence-corrected chi connectivity index (χ0v) is 14.3. The fourth-order valence-corrected chi connectivity index (χ4v) is 3.78. The SMILES string of the molecule is COC1=CC2=C(CC1)C(c1ccc(C)cc1)=C(c1ccccc1)C2. The molecule has 0 N–H and O–H groups in total. The smallest absolute Gasteiger partial charge is 0.0961 e. The van der Waals surface area contributed by atoms with Gasteiger partial charge in [0.25, 0.3) is 0 Å². The Labute approximate surface area is 144 Å². The van der Waals surface area contributed by atoms with Crippen LogP contribution in [0.3, 0.4) is 0 Å². The number of ether oxygens (including phenoxy) is 1. The molecule has 0 aliphatic heterocycles. The molecule has 0 bridgehead atoms. The van der Waals surface area contributed by atoms with Crippen molar-refractivity contribution in [2.24, 2.45) is 0 Å². The number of hydrogen-bond donors (Lipinski definition) is 0. The highest BCUT2D eigenvalue weighted by Crippen LogP contribution is 2.48. The van der Waals surface area contributed by atoms with E-state index in [0.29, 0.717) is 0 Å². The molecule has 0 amide bonds. The summed E-state index contributed by atoms with van der Waals surface area (Å²) in [5, 5.41) is 0. The van der Waals surface area contributed by atoms with Gasteiger partial charge in [-0.05, 0) is 59.3 Å². The molecule has 0 heterocycles. The molecule has 24 heavy (non-hydrogen) atoms. The lowest BCUT2D eigenvalue weighted by Crippen LogP contribution is -1.99. The first-order valence-electron chi connectivity index (χ1n) is 8.59. The monoisotopic (exact) mass is 314 g/mol. The van der Waals surface area contributed by atoms with Gasteiger partial charge in [0, 0.05) is 6.42 Å². The van der Waals surface area contributed by atoms with Gasteiger partial charge in [-0.3, -0.25) is 0 Å². The van der Waals surface area contributed by atoms with Crippen molar-refractivity contribution in [1.82, 2.24) is 0 Å². The summed E-state index contributed by atoms with van der Waals surface area (Å²) in [5.41, 5.74) is 9.76. The third-order valence-corrected chi connectivity index (χ3v) is 5.04. The molecule has 2 aromatic rings. The molecule has 0 aromatic heterocycles. The lowest BCUT2D eigenvalue weighted by Gasteiger charge is -2.17. The Hall–Kier alpha value is -2.54. The molecule has 0 saturated heterocycles. The molecule has 0 atom stereocenters. The maximum Gasteiger partial charge on any atom is 0.0961 e. The predicted molar refractivity (Wildman–Crippen MR) is 100 cm³/mol. The second-order valence-corrected chi connectivity index (χ2v) is 6.58. The number of hydrogen-bond acceptors (Lipinski definition) is 1. The Morgan fingerprint density at radius 2 is 1.54 bits per heavy atom. The topological polar surface area (TPSA) is 9.23 Å². The zero-order valence-electron chi connectivity index (χ0n) is 14.3. The van der Waals surface area contributed by atoms with Crippen LogP contribution in [0, 0.1) is 6.92 Å². The van der Waals surface area contributed by atoms with E-state index < -0.39 is 0 Å². The van der Waals surface area contributed by atoms with Crippen molar-refractivity contribution in [2.75, 3.05) is 7.11 Å². The first kappa shape index (κ1) is 15.0. The van der Waals surface area contributed by atoms with Gasteiger partial charge in [-0.15, -0.1) is 0 Å². The van der Waals surface area contributed by atoms with Gasteiger partial charge in [-0.1, -0.05) is 60.2 Å². The lowest BCUT2D eigenvalue weighted by molar-refractivity contribution is 0.275. The second-order valence-electron chi connectivity index (χ2n) is 6.58. The van der Waals surface area contributed by atoms with E-state index in [1.165, 1.54) is 39.0 Å². The summed E-state index contributed by atoms with van der Waals surface area (Å²) in [6, 6.07) is 19.7. The van der Waals surface area contributed by atoms with E-state index in [-0.39, 0.29) is 0 Å². The number of methoxy groups -OCH3 is 1. The van der Waals surface area contributed by atoms with Crippen molar-refractivity contribution in [3.05, 3.63) is 94.3 Å². The Morgan fingerprint density at radius 1 is 0.792 bits per heavy atom. The number of allylic oxidation sites excluding steroid dienone is 6. The normalized spacial score (nSPS) is 17.0. The van der Waals surface area contributed by atoms with Crippen molar-refractivity contribution >= 4 is 11.1 Å². The van der Waals surface area contributed by atoms with E-state index in [1.807, 2.05) is 0 Å².